The van der Waals surface area contributed by atoms with Crippen LogP contribution in [-0.4, -0.2) is 40.1 Å². The van der Waals surface area contributed by atoms with E-state index in [9.17, 15) is 14.4 Å². The summed E-state index contributed by atoms with van der Waals surface area (Å²) in [5.74, 6) is -0.463. The van der Waals surface area contributed by atoms with Gasteiger partial charge in [0.1, 0.15) is 6.54 Å². The number of anilines is 2. The van der Waals surface area contributed by atoms with Crippen LogP contribution in [0.15, 0.2) is 47.4 Å². The molecule has 2 heterocycles. The predicted octanol–water partition coefficient (Wildman–Crippen LogP) is 6.17. The van der Waals surface area contributed by atoms with Crippen LogP contribution in [-0.2, 0) is 9.59 Å². The van der Waals surface area contributed by atoms with Gasteiger partial charge in [0.2, 0.25) is 5.91 Å². The molecule has 1 saturated heterocycles. The molecule has 0 aromatic heterocycles. The second kappa shape index (κ2) is 9.53. The van der Waals surface area contributed by atoms with Crippen molar-refractivity contribution < 1.29 is 14.4 Å². The fourth-order valence-electron chi connectivity index (χ4n) is 5.31. The van der Waals surface area contributed by atoms with Crippen LogP contribution in [0.5, 0.6) is 0 Å². The van der Waals surface area contributed by atoms with E-state index in [1.54, 1.807) is 18.2 Å². The van der Waals surface area contributed by atoms with Crippen molar-refractivity contribution >= 4 is 46.3 Å². The zero-order valence-electron chi connectivity index (χ0n) is 21.2. The van der Waals surface area contributed by atoms with Gasteiger partial charge < -0.3 is 10.2 Å². The van der Waals surface area contributed by atoms with Gasteiger partial charge in [0, 0.05) is 23.0 Å². The van der Waals surface area contributed by atoms with Gasteiger partial charge in [-0.15, -0.1) is 0 Å². The number of hydrogen-bond acceptors (Lipinski definition) is 5. The largest absolute Gasteiger partial charge is 0.364 e. The molecule has 0 radical (unpaired) electrons. The van der Waals surface area contributed by atoms with Gasteiger partial charge in [0.05, 0.1) is 4.91 Å². The topological polar surface area (TPSA) is 69.7 Å². The Morgan fingerprint density at radius 2 is 1.86 bits per heavy atom. The molecule has 1 atom stereocenters. The Hall–Kier alpha value is -3.06. The molecular formula is C28H33N3O3S. The highest BCUT2D eigenvalue weighted by Crippen LogP contribution is 2.45. The molecule has 7 heteroatoms. The van der Waals surface area contributed by atoms with E-state index in [1.807, 2.05) is 25.1 Å². The first-order valence-corrected chi connectivity index (χ1v) is 12.8. The van der Waals surface area contributed by atoms with E-state index in [1.165, 1.54) is 11.3 Å². The molecule has 3 amide bonds. The van der Waals surface area contributed by atoms with Gasteiger partial charge in [-0.25, -0.2) is 0 Å². The summed E-state index contributed by atoms with van der Waals surface area (Å²) < 4.78 is 0. The molecule has 35 heavy (non-hydrogen) atoms. The van der Waals surface area contributed by atoms with Crippen molar-refractivity contribution in [2.75, 3.05) is 16.8 Å². The van der Waals surface area contributed by atoms with Crippen LogP contribution in [0.1, 0.15) is 63.6 Å². The monoisotopic (exact) mass is 491 g/mol. The van der Waals surface area contributed by atoms with Crippen molar-refractivity contribution in [1.82, 2.24) is 4.90 Å². The second-order valence-corrected chi connectivity index (χ2v) is 11.4. The summed E-state index contributed by atoms with van der Waals surface area (Å²) in [4.78, 5) is 41.8. The summed E-state index contributed by atoms with van der Waals surface area (Å²) in [7, 11) is 0. The number of thioether (sulfide) groups is 1. The minimum absolute atomic E-state index is 0.0594. The molecule has 1 N–H and O–H groups in total. The molecule has 1 fully saturated rings. The van der Waals surface area contributed by atoms with E-state index in [4.69, 9.17) is 0 Å². The van der Waals surface area contributed by atoms with Crippen LogP contribution < -0.4 is 10.2 Å². The van der Waals surface area contributed by atoms with Crippen LogP contribution in [0.3, 0.4) is 0 Å². The number of fused-ring (bicyclic) bond motifs is 1. The van der Waals surface area contributed by atoms with Gasteiger partial charge in [0.25, 0.3) is 11.1 Å². The number of hydrogen-bond donors (Lipinski definition) is 1. The standard InChI is InChI=1S/C28H33N3O3S/c1-17(2)31-23-12-9-20(13-22(23)19(4)15-28(31,5)6)14-24-26(33)30(27(34)35-24)16-25(32)29-21-10-7-18(3)8-11-21/h7-14,17,19H,15-16H2,1-6H3,(H,29,32)/b24-14-/t19-/m0/s1. The van der Waals surface area contributed by atoms with Gasteiger partial charge in [-0.1, -0.05) is 30.7 Å². The van der Waals surface area contributed by atoms with Crippen LogP contribution in [0.2, 0.25) is 0 Å². The van der Waals surface area contributed by atoms with Gasteiger partial charge in [-0.2, -0.15) is 0 Å². The zero-order valence-corrected chi connectivity index (χ0v) is 22.0. The van der Waals surface area contributed by atoms with E-state index in [0.717, 1.165) is 34.2 Å². The maximum atomic E-state index is 13.0. The zero-order chi connectivity index (χ0) is 25.5. The molecule has 2 aromatic carbocycles. The molecule has 0 unspecified atom stereocenters. The molecule has 0 aliphatic carbocycles. The Labute approximate surface area is 211 Å². The van der Waals surface area contributed by atoms with Crippen LogP contribution in [0.25, 0.3) is 6.08 Å². The number of aryl methyl sites for hydroxylation is 1. The van der Waals surface area contributed by atoms with Crippen molar-refractivity contribution in [3.63, 3.8) is 0 Å². The van der Waals surface area contributed by atoms with E-state index >= 15 is 0 Å². The Balaban J connectivity index is 1.52. The smallest absolute Gasteiger partial charge is 0.294 e. The first kappa shape index (κ1) is 25.0. The minimum Gasteiger partial charge on any atom is -0.364 e. The molecule has 0 bridgehead atoms. The van der Waals surface area contributed by atoms with Gasteiger partial charge in [0.15, 0.2) is 0 Å². The lowest BCUT2D eigenvalue weighted by Crippen LogP contribution is -2.51. The summed E-state index contributed by atoms with van der Waals surface area (Å²) >= 11 is 0.878. The predicted molar refractivity (Wildman–Crippen MR) is 144 cm³/mol. The molecule has 2 aliphatic rings. The fraction of sp³-hybridized carbons (Fsp3) is 0.393. The number of imide groups is 1. The highest BCUT2D eigenvalue weighted by Gasteiger charge is 2.38. The van der Waals surface area contributed by atoms with Gasteiger partial charge in [-0.05, 0) is 100 Å². The average Bonchev–Trinajstić information content (AvgIpc) is 3.02. The maximum absolute atomic E-state index is 13.0. The lowest BCUT2D eigenvalue weighted by Gasteiger charge is -2.50. The van der Waals surface area contributed by atoms with Gasteiger partial charge in [-0.3, -0.25) is 19.3 Å². The minimum atomic E-state index is -0.435. The third kappa shape index (κ3) is 5.15. The number of rotatable bonds is 5. The summed E-state index contributed by atoms with van der Waals surface area (Å²) in [6.07, 6.45) is 2.80. The maximum Gasteiger partial charge on any atom is 0.294 e. The number of nitrogens with one attached hydrogen (secondary N) is 1. The van der Waals surface area contributed by atoms with Crippen LogP contribution in [0.4, 0.5) is 16.2 Å². The molecule has 0 saturated carbocycles. The van der Waals surface area contributed by atoms with E-state index in [-0.39, 0.29) is 12.1 Å². The number of carbonyl (C=O) groups is 3. The third-order valence-corrected chi connectivity index (χ3v) is 7.53. The highest BCUT2D eigenvalue weighted by molar-refractivity contribution is 8.18. The molecule has 6 nitrogen and oxygen atoms in total. The third-order valence-electron chi connectivity index (χ3n) is 6.62. The number of benzene rings is 2. The van der Waals surface area contributed by atoms with Gasteiger partial charge >= 0.3 is 0 Å². The lowest BCUT2D eigenvalue weighted by molar-refractivity contribution is -0.127. The Kier molecular flexibility index (Phi) is 6.82. The van der Waals surface area contributed by atoms with Crippen molar-refractivity contribution in [3.8, 4) is 0 Å². The van der Waals surface area contributed by atoms with E-state index in [2.05, 4.69) is 57.0 Å². The average molecular weight is 492 g/mol. The number of nitrogens with zero attached hydrogens (tertiary/aromatic N) is 2. The summed E-state index contributed by atoms with van der Waals surface area (Å²) in [5, 5.41) is 2.31. The fourth-order valence-corrected chi connectivity index (χ4v) is 6.14. The molecule has 2 aromatic rings. The summed E-state index contributed by atoms with van der Waals surface area (Å²) in [5.41, 5.74) is 5.13. The molecule has 0 spiro atoms. The number of amides is 3. The quantitative estimate of drug-likeness (QED) is 0.507. The Morgan fingerprint density at radius 3 is 2.51 bits per heavy atom. The number of carbonyl (C=O) groups excluding carboxylic acids is 3. The second-order valence-electron chi connectivity index (χ2n) is 10.4. The molecule has 4 rings (SSSR count). The SMILES string of the molecule is Cc1ccc(NC(=O)CN2C(=O)S/C(=C\c3ccc4c(c3)[C@@H](C)CC(C)(C)N4C(C)C)C2=O)cc1. The van der Waals surface area contributed by atoms with Crippen LogP contribution in [0, 0.1) is 6.92 Å². The normalized spacial score (nSPS) is 20.5. The summed E-state index contributed by atoms with van der Waals surface area (Å²) in [6, 6.07) is 14.0. The molecule has 2 aliphatic heterocycles. The lowest BCUT2D eigenvalue weighted by atomic mass is 9.79. The van der Waals surface area contributed by atoms with Crippen molar-refractivity contribution in [1.29, 1.82) is 0 Å². The van der Waals surface area contributed by atoms with Crippen molar-refractivity contribution in [2.24, 2.45) is 0 Å². The highest BCUT2D eigenvalue weighted by atomic mass is 32.2. The van der Waals surface area contributed by atoms with E-state index in [0.29, 0.717) is 22.6 Å². The Morgan fingerprint density at radius 1 is 1.17 bits per heavy atom. The first-order chi connectivity index (χ1) is 16.5. The van der Waals surface area contributed by atoms with E-state index < -0.39 is 17.1 Å². The molecular weight excluding hydrogens is 458 g/mol. The molecule has 184 valence electrons. The summed E-state index contributed by atoms with van der Waals surface area (Å²) in [6.45, 7) is 12.9. The first-order valence-electron chi connectivity index (χ1n) is 12.0. The van der Waals surface area contributed by atoms with Crippen molar-refractivity contribution in [2.45, 2.75) is 65.5 Å². The Bertz CT molecular complexity index is 1200. The van der Waals surface area contributed by atoms with Crippen molar-refractivity contribution in [3.05, 3.63) is 64.1 Å². The van der Waals surface area contributed by atoms with Crippen LogP contribution >= 0.6 is 11.8 Å².